The third-order valence-electron chi connectivity index (χ3n) is 3.42. The van der Waals surface area contributed by atoms with Crippen molar-refractivity contribution in [3.05, 3.63) is 12.7 Å². The summed E-state index contributed by atoms with van der Waals surface area (Å²) in [5, 5.41) is 0. The van der Waals surface area contributed by atoms with Crippen LogP contribution in [0, 0.1) is 0 Å². The van der Waals surface area contributed by atoms with Gasteiger partial charge in [-0.2, -0.15) is 0 Å². The lowest BCUT2D eigenvalue weighted by Gasteiger charge is -2.47. The smallest absolute Gasteiger partial charge is 0.330 e. The van der Waals surface area contributed by atoms with Crippen molar-refractivity contribution < 1.29 is 33.2 Å². The molecule has 0 aromatic heterocycles. The van der Waals surface area contributed by atoms with Crippen molar-refractivity contribution >= 4 is 5.97 Å². The zero-order valence-electron chi connectivity index (χ0n) is 10.4. The fourth-order valence-electron chi connectivity index (χ4n) is 2.50. The van der Waals surface area contributed by atoms with E-state index in [1.807, 2.05) is 0 Å². The van der Waals surface area contributed by atoms with E-state index in [0.717, 1.165) is 6.08 Å². The van der Waals surface area contributed by atoms with Crippen LogP contribution in [0.15, 0.2) is 12.7 Å². The highest BCUT2D eigenvalue weighted by molar-refractivity contribution is 5.81. The van der Waals surface area contributed by atoms with Crippen LogP contribution in [0.2, 0.25) is 0 Å². The molecule has 0 N–H and O–H groups in total. The van der Waals surface area contributed by atoms with Crippen LogP contribution < -0.4 is 0 Å². The molecule has 4 atom stereocenters. The first-order chi connectivity index (χ1) is 9.25. The van der Waals surface area contributed by atoms with Gasteiger partial charge in [0.05, 0.1) is 19.8 Å². The Morgan fingerprint density at radius 2 is 2.21 bits per heavy atom. The molecule has 7 nitrogen and oxygen atoms in total. The van der Waals surface area contributed by atoms with Gasteiger partial charge in [0.2, 0.25) is 5.79 Å². The van der Waals surface area contributed by atoms with Crippen molar-refractivity contribution in [1.29, 1.82) is 0 Å². The normalized spacial score (nSPS) is 41.8. The van der Waals surface area contributed by atoms with Crippen LogP contribution in [0.25, 0.3) is 0 Å². The predicted molar refractivity (Wildman–Crippen MR) is 60.1 cm³/mol. The summed E-state index contributed by atoms with van der Waals surface area (Å²) in [5.41, 5.74) is 0. The minimum atomic E-state index is -1.12. The number of ether oxygens (including phenoxy) is 6. The first-order valence-corrected chi connectivity index (χ1v) is 6.17. The molecule has 7 heteroatoms. The third kappa shape index (κ3) is 2.28. The van der Waals surface area contributed by atoms with Crippen LogP contribution >= 0.6 is 0 Å². The second-order valence-corrected chi connectivity index (χ2v) is 4.54. The number of fused-ring (bicyclic) bond motifs is 1. The largest absolute Gasteiger partial charge is 0.450 e. The quantitative estimate of drug-likeness (QED) is 0.500. The number of hydrogen-bond donors (Lipinski definition) is 0. The van der Waals surface area contributed by atoms with Crippen LogP contribution in [-0.4, -0.2) is 63.3 Å². The molecule has 0 saturated carbocycles. The zero-order valence-corrected chi connectivity index (χ0v) is 10.4. The lowest BCUT2D eigenvalue weighted by molar-refractivity contribution is -0.361. The summed E-state index contributed by atoms with van der Waals surface area (Å²) in [6.07, 6.45) is -0.325. The molecule has 0 aliphatic carbocycles. The summed E-state index contributed by atoms with van der Waals surface area (Å²) in [6.45, 7) is 4.90. The van der Waals surface area contributed by atoms with Crippen LogP contribution in [-0.2, 0) is 33.2 Å². The van der Waals surface area contributed by atoms with Gasteiger partial charge in [-0.25, -0.2) is 4.79 Å². The summed E-state index contributed by atoms with van der Waals surface area (Å²) in [6, 6.07) is 0. The second kappa shape index (κ2) is 5.18. The highest BCUT2D eigenvalue weighted by Crippen LogP contribution is 2.36. The van der Waals surface area contributed by atoms with Crippen LogP contribution in [0.1, 0.15) is 0 Å². The van der Waals surface area contributed by atoms with Gasteiger partial charge in [0, 0.05) is 6.08 Å². The third-order valence-corrected chi connectivity index (χ3v) is 3.42. The van der Waals surface area contributed by atoms with Gasteiger partial charge in [-0.15, -0.1) is 0 Å². The summed E-state index contributed by atoms with van der Waals surface area (Å²) in [5.74, 6) is -1.68. The molecule has 3 heterocycles. The first-order valence-electron chi connectivity index (χ1n) is 6.17. The van der Waals surface area contributed by atoms with Crippen LogP contribution in [0.5, 0.6) is 0 Å². The van der Waals surface area contributed by atoms with Crippen LogP contribution in [0.3, 0.4) is 0 Å². The van der Waals surface area contributed by atoms with Crippen molar-refractivity contribution in [2.45, 2.75) is 24.1 Å². The maximum Gasteiger partial charge on any atom is 0.330 e. The van der Waals surface area contributed by atoms with Crippen molar-refractivity contribution in [1.82, 2.24) is 0 Å². The molecule has 0 radical (unpaired) electrons. The molecule has 0 aromatic carbocycles. The molecule has 0 unspecified atom stereocenters. The lowest BCUT2D eigenvalue weighted by atomic mass is 9.96. The molecule has 0 amide bonds. The van der Waals surface area contributed by atoms with E-state index in [4.69, 9.17) is 28.4 Å². The topological polar surface area (TPSA) is 72.5 Å². The maximum atomic E-state index is 11.5. The maximum absolute atomic E-state index is 11.5. The molecule has 0 aromatic rings. The van der Waals surface area contributed by atoms with E-state index >= 15 is 0 Å². The molecule has 3 aliphatic rings. The number of esters is 1. The Bertz CT molecular complexity index is 363. The van der Waals surface area contributed by atoms with Gasteiger partial charge in [-0.3, -0.25) is 0 Å². The fourth-order valence-corrected chi connectivity index (χ4v) is 2.50. The van der Waals surface area contributed by atoms with Gasteiger partial charge in [-0.1, -0.05) is 6.58 Å². The van der Waals surface area contributed by atoms with E-state index in [1.54, 1.807) is 0 Å². The molecule has 3 rings (SSSR count). The standard InChI is InChI=1S/C12H16O7/c1-2-9(13)19-11-10-8(15-7-16-10)5-18-12(11)6-14-3-4-17-12/h2,8,10-11H,1,3-7H2/t8-,10-,11+,12-/m1/s1. The molecular weight excluding hydrogens is 256 g/mol. The van der Waals surface area contributed by atoms with Crippen molar-refractivity contribution in [3.8, 4) is 0 Å². The average molecular weight is 272 g/mol. The predicted octanol–water partition coefficient (Wildman–Crippen LogP) is -0.401. The SMILES string of the molecule is C=CC(=O)O[C@H]1[C@@H]2OCO[C@@H]2CO[C@]12COCCO2. The molecule has 3 saturated heterocycles. The Balaban J connectivity index is 1.84. The van der Waals surface area contributed by atoms with Crippen molar-refractivity contribution in [3.63, 3.8) is 0 Å². The summed E-state index contributed by atoms with van der Waals surface area (Å²) in [4.78, 5) is 11.5. The van der Waals surface area contributed by atoms with Gasteiger partial charge in [0.1, 0.15) is 25.6 Å². The summed E-state index contributed by atoms with van der Waals surface area (Å²) in [7, 11) is 0. The van der Waals surface area contributed by atoms with Gasteiger partial charge in [0.25, 0.3) is 0 Å². The van der Waals surface area contributed by atoms with E-state index in [0.29, 0.717) is 19.8 Å². The van der Waals surface area contributed by atoms with Gasteiger partial charge < -0.3 is 28.4 Å². The van der Waals surface area contributed by atoms with E-state index in [-0.39, 0.29) is 19.5 Å². The second-order valence-electron chi connectivity index (χ2n) is 4.54. The Labute approximate surface area is 110 Å². The summed E-state index contributed by atoms with van der Waals surface area (Å²) < 4.78 is 33.0. The Kier molecular flexibility index (Phi) is 3.55. The number of carbonyl (C=O) groups excluding carboxylic acids is 1. The van der Waals surface area contributed by atoms with E-state index in [9.17, 15) is 4.79 Å². The van der Waals surface area contributed by atoms with E-state index < -0.39 is 24.0 Å². The average Bonchev–Trinajstić information content (AvgIpc) is 2.91. The van der Waals surface area contributed by atoms with Crippen molar-refractivity contribution in [2.24, 2.45) is 0 Å². The Hall–Kier alpha value is -0.990. The highest BCUT2D eigenvalue weighted by Gasteiger charge is 2.58. The van der Waals surface area contributed by atoms with Gasteiger partial charge in [0.15, 0.2) is 6.10 Å². The molecular formula is C12H16O7. The monoisotopic (exact) mass is 272 g/mol. The minimum absolute atomic E-state index is 0.151. The Morgan fingerprint density at radius 3 is 2.95 bits per heavy atom. The van der Waals surface area contributed by atoms with Gasteiger partial charge in [-0.05, 0) is 0 Å². The number of rotatable bonds is 2. The molecule has 1 spiro atoms. The van der Waals surface area contributed by atoms with E-state index in [1.165, 1.54) is 0 Å². The summed E-state index contributed by atoms with van der Waals surface area (Å²) >= 11 is 0. The number of hydrogen-bond acceptors (Lipinski definition) is 7. The van der Waals surface area contributed by atoms with Crippen molar-refractivity contribution in [2.75, 3.05) is 33.2 Å². The molecule has 3 fully saturated rings. The Morgan fingerprint density at radius 1 is 1.32 bits per heavy atom. The molecule has 19 heavy (non-hydrogen) atoms. The number of carbonyl (C=O) groups is 1. The fraction of sp³-hybridized carbons (Fsp3) is 0.750. The molecule has 0 bridgehead atoms. The van der Waals surface area contributed by atoms with E-state index in [2.05, 4.69) is 6.58 Å². The first kappa shape index (κ1) is 13.0. The zero-order chi connectivity index (χ0) is 13.3. The van der Waals surface area contributed by atoms with Gasteiger partial charge >= 0.3 is 5.97 Å². The molecule has 3 aliphatic heterocycles. The van der Waals surface area contributed by atoms with Crippen LogP contribution in [0.4, 0.5) is 0 Å². The minimum Gasteiger partial charge on any atom is -0.450 e. The highest BCUT2D eigenvalue weighted by atomic mass is 16.8. The lowest BCUT2D eigenvalue weighted by Crippen LogP contribution is -2.66. The molecule has 106 valence electrons.